The number of anilines is 2. The number of thiocarbonyl (C=S) groups is 1. The minimum absolute atomic E-state index is 0.421. The van der Waals surface area contributed by atoms with Crippen molar-refractivity contribution >= 4 is 52.2 Å². The van der Waals surface area contributed by atoms with Crippen molar-refractivity contribution in [3.05, 3.63) is 93.7 Å². The first kappa shape index (κ1) is 21.4. The standard InChI is InChI=1S/C22H20Cl2N6S/c1-15-11-21(28-30(15)14-17-3-2-4-19(24)12-17)26-22(31)25-20-9-10-29(27-20)13-16-5-7-18(23)8-6-16/h2-12H,13-14H2,1H3,(H2,25,26,27,28,31). The molecule has 158 valence electrons. The van der Waals surface area contributed by atoms with Gasteiger partial charge in [0.15, 0.2) is 16.7 Å². The van der Waals surface area contributed by atoms with E-state index in [4.69, 9.17) is 35.4 Å². The molecule has 4 aromatic rings. The molecule has 0 unspecified atom stereocenters. The van der Waals surface area contributed by atoms with Crippen molar-refractivity contribution in [1.29, 1.82) is 0 Å². The molecule has 2 N–H and O–H groups in total. The lowest BCUT2D eigenvalue weighted by atomic mass is 10.2. The van der Waals surface area contributed by atoms with Crippen molar-refractivity contribution in [1.82, 2.24) is 19.6 Å². The SMILES string of the molecule is Cc1cc(NC(=S)Nc2ccn(Cc3ccc(Cl)cc3)n2)nn1Cc1cccc(Cl)c1. The molecular formula is C22H20Cl2N6S. The maximum absolute atomic E-state index is 6.07. The van der Waals surface area contributed by atoms with Crippen molar-refractivity contribution < 1.29 is 0 Å². The molecule has 0 atom stereocenters. The molecule has 6 nitrogen and oxygen atoms in total. The number of hydrogen-bond donors (Lipinski definition) is 2. The van der Waals surface area contributed by atoms with E-state index in [1.807, 2.05) is 83.1 Å². The molecule has 0 aliphatic rings. The highest BCUT2D eigenvalue weighted by atomic mass is 35.5. The van der Waals surface area contributed by atoms with Gasteiger partial charge in [-0.1, -0.05) is 47.5 Å². The minimum atomic E-state index is 0.421. The predicted octanol–water partition coefficient (Wildman–Crippen LogP) is 5.60. The van der Waals surface area contributed by atoms with Gasteiger partial charge in [-0.25, -0.2) is 0 Å². The highest BCUT2D eigenvalue weighted by Gasteiger charge is 2.08. The van der Waals surface area contributed by atoms with Crippen LogP contribution in [0, 0.1) is 6.92 Å². The average molecular weight is 471 g/mol. The molecular weight excluding hydrogens is 451 g/mol. The Balaban J connectivity index is 1.35. The molecule has 0 aliphatic carbocycles. The number of aryl methyl sites for hydroxylation is 1. The molecule has 0 amide bonds. The van der Waals surface area contributed by atoms with E-state index < -0.39 is 0 Å². The highest BCUT2D eigenvalue weighted by Crippen LogP contribution is 2.16. The Morgan fingerprint density at radius 3 is 2.42 bits per heavy atom. The summed E-state index contributed by atoms with van der Waals surface area (Å²) in [5.74, 6) is 1.32. The van der Waals surface area contributed by atoms with Gasteiger partial charge < -0.3 is 10.6 Å². The van der Waals surface area contributed by atoms with E-state index in [1.54, 1.807) is 0 Å². The molecule has 0 bridgehead atoms. The second-order valence-corrected chi connectivity index (χ2v) is 8.34. The van der Waals surface area contributed by atoms with Crippen LogP contribution in [0.2, 0.25) is 10.0 Å². The van der Waals surface area contributed by atoms with Crippen LogP contribution < -0.4 is 10.6 Å². The molecule has 9 heteroatoms. The Labute approximate surface area is 195 Å². The summed E-state index contributed by atoms with van der Waals surface area (Å²) in [4.78, 5) is 0. The third kappa shape index (κ3) is 5.85. The molecule has 0 aliphatic heterocycles. The first-order valence-electron chi connectivity index (χ1n) is 9.59. The third-order valence-corrected chi connectivity index (χ3v) is 5.28. The second kappa shape index (κ2) is 9.51. The molecule has 0 saturated carbocycles. The molecule has 0 radical (unpaired) electrons. The summed E-state index contributed by atoms with van der Waals surface area (Å²) in [5.41, 5.74) is 3.20. The lowest BCUT2D eigenvalue weighted by Gasteiger charge is -2.07. The summed E-state index contributed by atoms with van der Waals surface area (Å²) in [6.07, 6.45) is 1.89. The van der Waals surface area contributed by atoms with E-state index in [-0.39, 0.29) is 0 Å². The second-order valence-electron chi connectivity index (χ2n) is 7.06. The van der Waals surface area contributed by atoms with Gasteiger partial charge in [-0.05, 0) is 54.5 Å². The van der Waals surface area contributed by atoms with Gasteiger partial charge in [0, 0.05) is 34.1 Å². The Bertz CT molecular complexity index is 1200. The number of benzene rings is 2. The number of aromatic nitrogens is 4. The highest BCUT2D eigenvalue weighted by molar-refractivity contribution is 7.80. The summed E-state index contributed by atoms with van der Waals surface area (Å²) in [6, 6.07) is 19.2. The molecule has 2 aromatic heterocycles. The maximum Gasteiger partial charge on any atom is 0.177 e. The quantitative estimate of drug-likeness (QED) is 0.359. The van der Waals surface area contributed by atoms with Crippen LogP contribution in [0.4, 0.5) is 11.6 Å². The van der Waals surface area contributed by atoms with Crippen molar-refractivity contribution in [3.8, 4) is 0 Å². The van der Waals surface area contributed by atoms with Crippen LogP contribution in [0.3, 0.4) is 0 Å². The summed E-state index contributed by atoms with van der Waals surface area (Å²) in [6.45, 7) is 3.27. The van der Waals surface area contributed by atoms with Crippen molar-refractivity contribution in [2.45, 2.75) is 20.0 Å². The third-order valence-electron chi connectivity index (χ3n) is 4.58. The zero-order valence-corrected chi connectivity index (χ0v) is 19.0. The number of rotatable bonds is 6. The minimum Gasteiger partial charge on any atom is -0.316 e. The topological polar surface area (TPSA) is 59.7 Å². The first-order valence-corrected chi connectivity index (χ1v) is 10.8. The summed E-state index contributed by atoms with van der Waals surface area (Å²) in [7, 11) is 0. The van der Waals surface area contributed by atoms with E-state index in [1.165, 1.54) is 0 Å². The van der Waals surface area contributed by atoms with Gasteiger partial charge in [0.25, 0.3) is 0 Å². The molecule has 0 spiro atoms. The Kier molecular flexibility index (Phi) is 6.56. The van der Waals surface area contributed by atoms with Crippen molar-refractivity contribution in [3.63, 3.8) is 0 Å². The van der Waals surface area contributed by atoms with Crippen LogP contribution in [0.1, 0.15) is 16.8 Å². The lowest BCUT2D eigenvalue weighted by Crippen LogP contribution is -2.20. The molecule has 0 saturated heterocycles. The smallest absolute Gasteiger partial charge is 0.177 e. The number of nitrogens with one attached hydrogen (secondary N) is 2. The fourth-order valence-corrected chi connectivity index (χ4v) is 3.64. The molecule has 31 heavy (non-hydrogen) atoms. The zero-order valence-electron chi connectivity index (χ0n) is 16.7. The normalized spacial score (nSPS) is 10.8. The van der Waals surface area contributed by atoms with Crippen LogP contribution in [-0.4, -0.2) is 24.7 Å². The van der Waals surface area contributed by atoms with Crippen molar-refractivity contribution in [2.75, 3.05) is 10.6 Å². The Morgan fingerprint density at radius 1 is 0.871 bits per heavy atom. The summed E-state index contributed by atoms with van der Waals surface area (Å²) < 4.78 is 3.73. The van der Waals surface area contributed by atoms with E-state index >= 15 is 0 Å². The van der Waals surface area contributed by atoms with E-state index in [9.17, 15) is 0 Å². The summed E-state index contributed by atoms with van der Waals surface area (Å²) in [5, 5.41) is 17.1. The van der Waals surface area contributed by atoms with Gasteiger partial charge >= 0.3 is 0 Å². The van der Waals surface area contributed by atoms with Crippen LogP contribution in [0.15, 0.2) is 66.9 Å². The number of hydrogen-bond acceptors (Lipinski definition) is 3. The molecule has 4 rings (SSSR count). The lowest BCUT2D eigenvalue weighted by molar-refractivity contribution is 0.668. The van der Waals surface area contributed by atoms with Gasteiger partial charge in [0.2, 0.25) is 0 Å². The predicted molar refractivity (Wildman–Crippen MR) is 130 cm³/mol. The largest absolute Gasteiger partial charge is 0.316 e. The van der Waals surface area contributed by atoms with Crippen molar-refractivity contribution in [2.24, 2.45) is 0 Å². The summed E-state index contributed by atoms with van der Waals surface area (Å²) >= 11 is 17.4. The monoisotopic (exact) mass is 470 g/mol. The number of nitrogens with zero attached hydrogens (tertiary/aromatic N) is 4. The fraction of sp³-hybridized carbons (Fsp3) is 0.136. The van der Waals surface area contributed by atoms with Gasteiger partial charge in [0.1, 0.15) is 0 Å². The molecule has 2 aromatic carbocycles. The Hall–Kier alpha value is -2.87. The van der Waals surface area contributed by atoms with Gasteiger partial charge in [-0.15, -0.1) is 0 Å². The van der Waals surface area contributed by atoms with Gasteiger partial charge in [0.05, 0.1) is 13.1 Å². The van der Waals surface area contributed by atoms with Crippen LogP contribution in [-0.2, 0) is 13.1 Å². The van der Waals surface area contributed by atoms with E-state index in [0.717, 1.165) is 16.8 Å². The van der Waals surface area contributed by atoms with Crippen LogP contribution >= 0.6 is 35.4 Å². The van der Waals surface area contributed by atoms with Crippen LogP contribution in [0.25, 0.3) is 0 Å². The molecule has 0 fully saturated rings. The number of halogens is 2. The fourth-order valence-electron chi connectivity index (χ4n) is 3.10. The average Bonchev–Trinajstić information content (AvgIpc) is 3.29. The van der Waals surface area contributed by atoms with Gasteiger partial charge in [-0.2, -0.15) is 10.2 Å². The maximum atomic E-state index is 6.07. The zero-order chi connectivity index (χ0) is 21.8. The van der Waals surface area contributed by atoms with Crippen LogP contribution in [0.5, 0.6) is 0 Å². The Morgan fingerprint density at radius 2 is 1.65 bits per heavy atom. The van der Waals surface area contributed by atoms with Gasteiger partial charge in [-0.3, -0.25) is 9.36 Å². The first-order chi connectivity index (χ1) is 14.9. The molecule has 2 heterocycles. The van der Waals surface area contributed by atoms with E-state index in [0.29, 0.717) is 39.9 Å². The van der Waals surface area contributed by atoms with E-state index in [2.05, 4.69) is 20.8 Å².